The van der Waals surface area contributed by atoms with E-state index < -0.39 is 5.97 Å². The highest BCUT2D eigenvalue weighted by Gasteiger charge is 2.11. The first-order valence-electron chi connectivity index (χ1n) is 6.75. The molecule has 112 valence electrons. The fourth-order valence-corrected chi connectivity index (χ4v) is 1.84. The van der Waals surface area contributed by atoms with Crippen molar-refractivity contribution in [1.29, 1.82) is 0 Å². The molecule has 0 aliphatic carbocycles. The van der Waals surface area contributed by atoms with Gasteiger partial charge in [-0.05, 0) is 52.4 Å². The number of nitrogens with zero attached hydrogens (tertiary/aromatic N) is 2. The van der Waals surface area contributed by atoms with Crippen LogP contribution in [0.5, 0.6) is 0 Å². The van der Waals surface area contributed by atoms with Crippen molar-refractivity contribution in [1.82, 2.24) is 9.88 Å². The number of aromatic nitrogens is 1. The van der Waals surface area contributed by atoms with E-state index in [4.69, 9.17) is 16.7 Å². The average Bonchev–Trinajstić information content (AvgIpc) is 2.39. The molecule has 1 rings (SSSR count). The predicted octanol–water partition coefficient (Wildman–Crippen LogP) is 2.97. The van der Waals surface area contributed by atoms with Gasteiger partial charge >= 0.3 is 5.97 Å². The Bertz CT molecular complexity index is 452. The summed E-state index contributed by atoms with van der Waals surface area (Å²) in [4.78, 5) is 17.2. The summed E-state index contributed by atoms with van der Waals surface area (Å²) >= 11 is 5.76. The van der Waals surface area contributed by atoms with Gasteiger partial charge in [-0.2, -0.15) is 0 Å². The number of anilines is 1. The topological polar surface area (TPSA) is 65.5 Å². The SMILES string of the molecule is CC(C)N(C)CCCCNc1ccc(Cl)c(C(=O)O)n1. The van der Waals surface area contributed by atoms with Crippen molar-refractivity contribution in [3.8, 4) is 0 Å². The van der Waals surface area contributed by atoms with Crippen LogP contribution in [0.4, 0.5) is 5.82 Å². The minimum Gasteiger partial charge on any atom is -0.476 e. The smallest absolute Gasteiger partial charge is 0.356 e. The van der Waals surface area contributed by atoms with Crippen molar-refractivity contribution >= 4 is 23.4 Å². The molecular formula is C14H22ClN3O2. The lowest BCUT2D eigenvalue weighted by Crippen LogP contribution is -2.27. The summed E-state index contributed by atoms with van der Waals surface area (Å²) in [6.07, 6.45) is 2.09. The maximum Gasteiger partial charge on any atom is 0.356 e. The molecule has 0 aromatic carbocycles. The summed E-state index contributed by atoms with van der Waals surface area (Å²) in [5.41, 5.74) is -0.115. The number of rotatable bonds is 8. The fraction of sp³-hybridized carbons (Fsp3) is 0.571. The molecule has 0 fully saturated rings. The Hall–Kier alpha value is -1.33. The second-order valence-electron chi connectivity index (χ2n) is 5.04. The van der Waals surface area contributed by atoms with Crippen LogP contribution in [-0.4, -0.2) is 47.1 Å². The Balaban J connectivity index is 2.36. The largest absolute Gasteiger partial charge is 0.476 e. The van der Waals surface area contributed by atoms with Gasteiger partial charge in [0.05, 0.1) is 5.02 Å². The number of carbonyl (C=O) groups is 1. The minimum absolute atomic E-state index is 0.115. The van der Waals surface area contributed by atoms with Crippen LogP contribution in [0, 0.1) is 0 Å². The molecule has 20 heavy (non-hydrogen) atoms. The van der Waals surface area contributed by atoms with Crippen LogP contribution in [-0.2, 0) is 0 Å². The maximum absolute atomic E-state index is 10.9. The van der Waals surface area contributed by atoms with Crippen molar-refractivity contribution in [3.63, 3.8) is 0 Å². The van der Waals surface area contributed by atoms with Gasteiger partial charge in [-0.3, -0.25) is 0 Å². The van der Waals surface area contributed by atoms with Crippen LogP contribution in [0.25, 0.3) is 0 Å². The summed E-state index contributed by atoms with van der Waals surface area (Å²) in [7, 11) is 2.11. The second kappa shape index (κ2) is 8.07. The molecule has 0 aliphatic heterocycles. The van der Waals surface area contributed by atoms with Gasteiger partial charge < -0.3 is 15.3 Å². The van der Waals surface area contributed by atoms with E-state index in [1.54, 1.807) is 12.1 Å². The van der Waals surface area contributed by atoms with E-state index in [0.717, 1.165) is 25.9 Å². The third-order valence-corrected chi connectivity index (χ3v) is 3.48. The Morgan fingerprint density at radius 1 is 1.45 bits per heavy atom. The number of unbranched alkanes of at least 4 members (excludes halogenated alkanes) is 1. The molecule has 1 aromatic rings. The number of carboxylic acids is 1. The lowest BCUT2D eigenvalue weighted by molar-refractivity contribution is 0.0691. The summed E-state index contributed by atoms with van der Waals surface area (Å²) in [5, 5.41) is 12.2. The first-order valence-corrected chi connectivity index (χ1v) is 7.13. The van der Waals surface area contributed by atoms with Gasteiger partial charge in [-0.1, -0.05) is 11.6 Å². The number of halogens is 1. The van der Waals surface area contributed by atoms with Gasteiger partial charge in [0.25, 0.3) is 0 Å². The van der Waals surface area contributed by atoms with E-state index in [0.29, 0.717) is 11.9 Å². The predicted molar refractivity (Wildman–Crippen MR) is 81.7 cm³/mol. The number of carboxylic acid groups (broad SMARTS) is 1. The molecule has 1 heterocycles. The summed E-state index contributed by atoms with van der Waals surface area (Å²) < 4.78 is 0. The van der Waals surface area contributed by atoms with Gasteiger partial charge in [0, 0.05) is 12.6 Å². The molecule has 1 aromatic heterocycles. The number of hydrogen-bond donors (Lipinski definition) is 2. The molecule has 0 saturated heterocycles. The van der Waals surface area contributed by atoms with Gasteiger partial charge in [0.2, 0.25) is 0 Å². The number of pyridine rings is 1. The minimum atomic E-state index is -1.11. The second-order valence-corrected chi connectivity index (χ2v) is 5.45. The Morgan fingerprint density at radius 2 is 2.15 bits per heavy atom. The molecule has 0 radical (unpaired) electrons. The van der Waals surface area contributed by atoms with Crippen molar-refractivity contribution in [2.75, 3.05) is 25.5 Å². The Morgan fingerprint density at radius 3 is 2.75 bits per heavy atom. The molecule has 2 N–H and O–H groups in total. The molecule has 0 unspecified atom stereocenters. The molecule has 0 aliphatic rings. The fourth-order valence-electron chi connectivity index (χ4n) is 1.65. The lowest BCUT2D eigenvalue weighted by atomic mass is 10.2. The highest BCUT2D eigenvalue weighted by atomic mass is 35.5. The van der Waals surface area contributed by atoms with Gasteiger partial charge in [0.1, 0.15) is 5.82 Å². The third-order valence-electron chi connectivity index (χ3n) is 3.17. The number of aromatic carboxylic acids is 1. The zero-order valence-electron chi connectivity index (χ0n) is 12.2. The van der Waals surface area contributed by atoms with Gasteiger partial charge in [-0.15, -0.1) is 0 Å². The number of nitrogens with one attached hydrogen (secondary N) is 1. The van der Waals surface area contributed by atoms with Crippen LogP contribution < -0.4 is 5.32 Å². The first kappa shape index (κ1) is 16.7. The van der Waals surface area contributed by atoms with Crippen LogP contribution >= 0.6 is 11.6 Å². The monoisotopic (exact) mass is 299 g/mol. The van der Waals surface area contributed by atoms with E-state index >= 15 is 0 Å². The highest BCUT2D eigenvalue weighted by Crippen LogP contribution is 2.16. The molecule has 0 bridgehead atoms. The first-order chi connectivity index (χ1) is 9.41. The van der Waals surface area contributed by atoms with E-state index in [-0.39, 0.29) is 10.7 Å². The van der Waals surface area contributed by atoms with Gasteiger partial charge in [0.15, 0.2) is 5.69 Å². The number of hydrogen-bond acceptors (Lipinski definition) is 4. The van der Waals surface area contributed by atoms with E-state index in [9.17, 15) is 4.79 Å². The summed E-state index contributed by atoms with van der Waals surface area (Å²) in [5.74, 6) is -0.568. The van der Waals surface area contributed by atoms with Crippen LogP contribution in [0.15, 0.2) is 12.1 Å². The molecule has 0 saturated carbocycles. The maximum atomic E-state index is 10.9. The molecule has 0 amide bonds. The van der Waals surface area contributed by atoms with E-state index in [1.807, 2.05) is 0 Å². The summed E-state index contributed by atoms with van der Waals surface area (Å²) in [6, 6.07) is 3.79. The zero-order chi connectivity index (χ0) is 15.1. The average molecular weight is 300 g/mol. The molecule has 0 spiro atoms. The van der Waals surface area contributed by atoms with Crippen LogP contribution in [0.3, 0.4) is 0 Å². The van der Waals surface area contributed by atoms with Gasteiger partial charge in [-0.25, -0.2) is 9.78 Å². The lowest BCUT2D eigenvalue weighted by Gasteiger charge is -2.20. The summed E-state index contributed by atoms with van der Waals surface area (Å²) in [6.45, 7) is 6.15. The van der Waals surface area contributed by atoms with Crippen LogP contribution in [0.2, 0.25) is 5.02 Å². The third kappa shape index (κ3) is 5.35. The van der Waals surface area contributed by atoms with Crippen molar-refractivity contribution in [2.24, 2.45) is 0 Å². The normalized spacial score (nSPS) is 11.1. The standard InChI is InChI=1S/C14H22ClN3O2/c1-10(2)18(3)9-5-4-8-16-12-7-6-11(15)13(17-12)14(19)20/h6-7,10H,4-5,8-9H2,1-3H3,(H,16,17)(H,19,20). The van der Waals surface area contributed by atoms with Crippen LogP contribution in [0.1, 0.15) is 37.2 Å². The Labute approximate surface area is 125 Å². The zero-order valence-corrected chi connectivity index (χ0v) is 12.9. The molecule has 5 nitrogen and oxygen atoms in total. The van der Waals surface area contributed by atoms with E-state index in [2.05, 4.69) is 36.1 Å². The quantitative estimate of drug-likeness (QED) is 0.723. The molecule has 6 heteroatoms. The van der Waals surface area contributed by atoms with Crippen molar-refractivity contribution < 1.29 is 9.90 Å². The van der Waals surface area contributed by atoms with Crippen molar-refractivity contribution in [2.45, 2.75) is 32.7 Å². The Kier molecular flexibility index (Phi) is 6.75. The molecule has 0 atom stereocenters. The molecular weight excluding hydrogens is 278 g/mol. The van der Waals surface area contributed by atoms with E-state index in [1.165, 1.54) is 0 Å². The highest BCUT2D eigenvalue weighted by molar-refractivity contribution is 6.33. The van der Waals surface area contributed by atoms with Crippen molar-refractivity contribution in [3.05, 3.63) is 22.8 Å².